The predicted molar refractivity (Wildman–Crippen MR) is 83.0 cm³/mol. The van der Waals surface area contributed by atoms with Crippen molar-refractivity contribution in [3.63, 3.8) is 0 Å². The third-order valence-electron chi connectivity index (χ3n) is 2.89. The standard InChI is InChI=1S/C14H18N4OS/c1-3-16-14-18-12(15)11(20-14)13(19)17-8-10-7-5-4-6-9(10)2/h4-7H,3,8,15H2,1-2H3,(H,16,18)(H,17,19). The van der Waals surface area contributed by atoms with Gasteiger partial charge in [0.05, 0.1) is 0 Å². The fraction of sp³-hybridized carbons (Fsp3) is 0.286. The number of aryl methyl sites for hydroxylation is 1. The molecule has 0 saturated heterocycles. The van der Waals surface area contributed by atoms with Gasteiger partial charge in [0.25, 0.3) is 5.91 Å². The van der Waals surface area contributed by atoms with Crippen molar-refractivity contribution in [3.05, 3.63) is 40.3 Å². The van der Waals surface area contributed by atoms with E-state index in [-0.39, 0.29) is 11.7 Å². The number of nitrogens with two attached hydrogens (primary N) is 1. The molecule has 6 heteroatoms. The molecule has 5 nitrogen and oxygen atoms in total. The van der Waals surface area contributed by atoms with E-state index in [0.29, 0.717) is 16.6 Å². The lowest BCUT2D eigenvalue weighted by molar-refractivity contribution is 0.0955. The summed E-state index contributed by atoms with van der Waals surface area (Å²) in [4.78, 5) is 16.7. The summed E-state index contributed by atoms with van der Waals surface area (Å²) >= 11 is 1.27. The Morgan fingerprint density at radius 3 is 2.85 bits per heavy atom. The Morgan fingerprint density at radius 1 is 1.40 bits per heavy atom. The molecule has 0 bridgehead atoms. The van der Waals surface area contributed by atoms with Crippen LogP contribution in [-0.4, -0.2) is 17.4 Å². The van der Waals surface area contributed by atoms with E-state index in [9.17, 15) is 4.79 Å². The van der Waals surface area contributed by atoms with E-state index in [4.69, 9.17) is 5.73 Å². The van der Waals surface area contributed by atoms with E-state index in [1.165, 1.54) is 11.3 Å². The monoisotopic (exact) mass is 290 g/mol. The minimum atomic E-state index is -0.188. The average molecular weight is 290 g/mol. The van der Waals surface area contributed by atoms with Crippen LogP contribution in [0.5, 0.6) is 0 Å². The van der Waals surface area contributed by atoms with Crippen LogP contribution in [0.25, 0.3) is 0 Å². The van der Waals surface area contributed by atoms with Crippen LogP contribution in [0.3, 0.4) is 0 Å². The maximum absolute atomic E-state index is 12.1. The third-order valence-corrected chi connectivity index (χ3v) is 3.92. The summed E-state index contributed by atoms with van der Waals surface area (Å²) in [6, 6.07) is 7.95. The molecular formula is C14H18N4OS. The number of carbonyl (C=O) groups is 1. The van der Waals surface area contributed by atoms with E-state index >= 15 is 0 Å². The summed E-state index contributed by atoms with van der Waals surface area (Å²) in [7, 11) is 0. The Morgan fingerprint density at radius 2 is 2.15 bits per heavy atom. The Bertz CT molecular complexity index is 609. The number of amides is 1. The molecular weight excluding hydrogens is 272 g/mol. The van der Waals surface area contributed by atoms with Crippen molar-refractivity contribution in [2.45, 2.75) is 20.4 Å². The highest BCUT2D eigenvalue weighted by atomic mass is 32.1. The van der Waals surface area contributed by atoms with Gasteiger partial charge in [0.15, 0.2) is 5.13 Å². The van der Waals surface area contributed by atoms with Gasteiger partial charge in [-0.2, -0.15) is 0 Å². The van der Waals surface area contributed by atoms with Gasteiger partial charge >= 0.3 is 0 Å². The van der Waals surface area contributed by atoms with Crippen molar-refractivity contribution >= 4 is 28.2 Å². The fourth-order valence-corrected chi connectivity index (χ4v) is 2.65. The van der Waals surface area contributed by atoms with Crippen molar-refractivity contribution in [1.82, 2.24) is 10.3 Å². The van der Waals surface area contributed by atoms with Crippen LogP contribution in [0.15, 0.2) is 24.3 Å². The molecule has 1 amide bonds. The van der Waals surface area contributed by atoms with Gasteiger partial charge in [0.2, 0.25) is 0 Å². The highest BCUT2D eigenvalue weighted by molar-refractivity contribution is 7.18. The topological polar surface area (TPSA) is 80.0 Å². The van der Waals surface area contributed by atoms with E-state index in [1.54, 1.807) is 0 Å². The molecule has 0 fully saturated rings. The number of hydrogen-bond donors (Lipinski definition) is 3. The zero-order valence-electron chi connectivity index (χ0n) is 11.6. The Labute approximate surface area is 122 Å². The second-order valence-corrected chi connectivity index (χ2v) is 5.37. The largest absolute Gasteiger partial charge is 0.382 e. The highest BCUT2D eigenvalue weighted by Gasteiger charge is 2.15. The van der Waals surface area contributed by atoms with Crippen molar-refractivity contribution in [3.8, 4) is 0 Å². The van der Waals surface area contributed by atoms with Crippen LogP contribution in [0.1, 0.15) is 27.7 Å². The maximum atomic E-state index is 12.1. The molecule has 0 spiro atoms. The van der Waals surface area contributed by atoms with Gasteiger partial charge in [-0.25, -0.2) is 4.98 Å². The first-order valence-electron chi connectivity index (χ1n) is 6.44. The lowest BCUT2D eigenvalue weighted by atomic mass is 10.1. The summed E-state index contributed by atoms with van der Waals surface area (Å²) in [5.41, 5.74) is 8.01. The molecule has 20 heavy (non-hydrogen) atoms. The minimum absolute atomic E-state index is 0.188. The zero-order chi connectivity index (χ0) is 14.5. The van der Waals surface area contributed by atoms with Crippen molar-refractivity contribution in [1.29, 1.82) is 0 Å². The molecule has 0 saturated carbocycles. The Hall–Kier alpha value is -2.08. The molecule has 106 valence electrons. The smallest absolute Gasteiger partial charge is 0.265 e. The molecule has 1 aromatic heterocycles. The molecule has 0 atom stereocenters. The molecule has 0 aliphatic carbocycles. The van der Waals surface area contributed by atoms with Gasteiger partial charge in [0, 0.05) is 13.1 Å². The lowest BCUT2D eigenvalue weighted by Gasteiger charge is -2.06. The van der Waals surface area contributed by atoms with E-state index < -0.39 is 0 Å². The Kier molecular flexibility index (Phi) is 4.57. The molecule has 4 N–H and O–H groups in total. The number of thiazole rings is 1. The van der Waals surface area contributed by atoms with Crippen LogP contribution < -0.4 is 16.4 Å². The zero-order valence-corrected chi connectivity index (χ0v) is 12.4. The number of carbonyl (C=O) groups excluding carboxylic acids is 1. The molecule has 0 radical (unpaired) electrons. The number of hydrogen-bond acceptors (Lipinski definition) is 5. The van der Waals surface area contributed by atoms with Gasteiger partial charge in [0.1, 0.15) is 10.7 Å². The summed E-state index contributed by atoms with van der Waals surface area (Å²) in [5, 5.41) is 6.60. The van der Waals surface area contributed by atoms with E-state index in [0.717, 1.165) is 17.7 Å². The van der Waals surface area contributed by atoms with Gasteiger partial charge in [-0.3, -0.25) is 4.79 Å². The highest BCUT2D eigenvalue weighted by Crippen LogP contribution is 2.24. The minimum Gasteiger partial charge on any atom is -0.382 e. The molecule has 2 aromatic rings. The predicted octanol–water partition coefficient (Wildman–Crippen LogP) is 2.40. The number of aromatic nitrogens is 1. The summed E-state index contributed by atoms with van der Waals surface area (Å²) in [5.74, 6) is 0.0839. The maximum Gasteiger partial charge on any atom is 0.265 e. The van der Waals surface area contributed by atoms with Crippen LogP contribution in [0, 0.1) is 6.92 Å². The average Bonchev–Trinajstić information content (AvgIpc) is 2.79. The first-order valence-corrected chi connectivity index (χ1v) is 7.26. The molecule has 1 aromatic carbocycles. The SMILES string of the molecule is CCNc1nc(N)c(C(=O)NCc2ccccc2C)s1. The van der Waals surface area contributed by atoms with Gasteiger partial charge in [-0.15, -0.1) is 0 Å². The number of anilines is 2. The van der Waals surface area contributed by atoms with Gasteiger partial charge in [-0.05, 0) is 25.0 Å². The van der Waals surface area contributed by atoms with Crippen LogP contribution in [-0.2, 0) is 6.54 Å². The summed E-state index contributed by atoms with van der Waals surface area (Å²) in [6.07, 6.45) is 0. The quantitative estimate of drug-likeness (QED) is 0.790. The molecule has 0 unspecified atom stereocenters. The van der Waals surface area contributed by atoms with E-state index in [1.807, 2.05) is 38.1 Å². The summed E-state index contributed by atoms with van der Waals surface area (Å²) < 4.78 is 0. The molecule has 2 rings (SSSR count). The molecule has 0 aliphatic rings. The van der Waals surface area contributed by atoms with Crippen LogP contribution in [0.2, 0.25) is 0 Å². The second-order valence-electron chi connectivity index (χ2n) is 4.37. The normalized spacial score (nSPS) is 10.3. The molecule has 0 aliphatic heterocycles. The second kappa shape index (κ2) is 6.38. The third kappa shape index (κ3) is 3.27. The lowest BCUT2D eigenvalue weighted by Crippen LogP contribution is -2.23. The summed E-state index contributed by atoms with van der Waals surface area (Å²) in [6.45, 7) is 5.22. The van der Waals surface area contributed by atoms with Crippen molar-refractivity contribution in [2.75, 3.05) is 17.6 Å². The number of nitrogens with one attached hydrogen (secondary N) is 2. The number of nitrogen functional groups attached to an aromatic ring is 1. The number of benzene rings is 1. The van der Waals surface area contributed by atoms with Crippen LogP contribution in [0.4, 0.5) is 10.9 Å². The number of rotatable bonds is 5. The molecule has 1 heterocycles. The van der Waals surface area contributed by atoms with E-state index in [2.05, 4.69) is 15.6 Å². The number of nitrogens with zero attached hydrogens (tertiary/aromatic N) is 1. The Balaban J connectivity index is 2.03. The van der Waals surface area contributed by atoms with Crippen LogP contribution >= 0.6 is 11.3 Å². The van der Waals surface area contributed by atoms with Crippen molar-refractivity contribution < 1.29 is 4.79 Å². The first kappa shape index (κ1) is 14.3. The van der Waals surface area contributed by atoms with Crippen molar-refractivity contribution in [2.24, 2.45) is 0 Å². The van der Waals surface area contributed by atoms with Gasteiger partial charge in [-0.1, -0.05) is 35.6 Å². The van der Waals surface area contributed by atoms with Gasteiger partial charge < -0.3 is 16.4 Å². The fourth-order valence-electron chi connectivity index (χ4n) is 1.79. The first-order chi connectivity index (χ1) is 9.61.